The van der Waals surface area contributed by atoms with Crippen LogP contribution < -0.4 is 5.43 Å². The lowest BCUT2D eigenvalue weighted by Gasteiger charge is -2.13. The number of rotatable bonds is 4. The molecule has 0 aliphatic carbocycles. The number of fused-ring (bicyclic) bond motifs is 1. The number of carbonyl (C=O) groups is 2. The van der Waals surface area contributed by atoms with Crippen molar-refractivity contribution in [3.05, 3.63) is 70.2 Å². The molecule has 2 aromatic rings. The fourth-order valence-corrected chi connectivity index (χ4v) is 3.24. The first-order valence-electron chi connectivity index (χ1n) is 7.23. The van der Waals surface area contributed by atoms with E-state index in [1.807, 2.05) is 18.2 Å². The summed E-state index contributed by atoms with van der Waals surface area (Å²) < 4.78 is 0.347. The highest BCUT2D eigenvalue weighted by Crippen LogP contribution is 2.24. The van der Waals surface area contributed by atoms with Crippen molar-refractivity contribution >= 4 is 57.9 Å². The van der Waals surface area contributed by atoms with E-state index in [-0.39, 0.29) is 17.7 Å². The van der Waals surface area contributed by atoms with E-state index >= 15 is 0 Å². The van der Waals surface area contributed by atoms with Gasteiger partial charge >= 0.3 is 0 Å². The lowest BCUT2D eigenvalue weighted by molar-refractivity contribution is 0.0684. The number of nitrogens with zero attached hydrogens (tertiary/aromatic N) is 2. The maximum Gasteiger partial charge on any atom is 0.262 e. The number of halogens is 1. The highest BCUT2D eigenvalue weighted by atomic mass is 35.5. The summed E-state index contributed by atoms with van der Waals surface area (Å²) in [5.74, 6) is -0.495. The summed E-state index contributed by atoms with van der Waals surface area (Å²) in [5.41, 5.74) is 4.28. The smallest absolute Gasteiger partial charge is 0.262 e. The van der Waals surface area contributed by atoms with Gasteiger partial charge in [0.2, 0.25) is 0 Å². The van der Waals surface area contributed by atoms with Gasteiger partial charge in [0, 0.05) is 10.6 Å². The highest BCUT2D eigenvalue weighted by Gasteiger charge is 2.34. The summed E-state index contributed by atoms with van der Waals surface area (Å²) in [7, 11) is 0. The number of thioether (sulfide) groups is 1. The van der Waals surface area contributed by atoms with Crippen LogP contribution in [-0.4, -0.2) is 33.1 Å². The molecule has 0 saturated heterocycles. The molecule has 0 saturated carbocycles. The second kappa shape index (κ2) is 7.77. The largest absolute Gasteiger partial charge is 0.269 e. The molecule has 3 rings (SSSR count). The first-order valence-corrected chi connectivity index (χ1v) is 9.00. The van der Waals surface area contributed by atoms with Crippen molar-refractivity contribution in [1.29, 1.82) is 0 Å². The Kier molecular flexibility index (Phi) is 5.47. The fourth-order valence-electron chi connectivity index (χ4n) is 2.25. The van der Waals surface area contributed by atoms with Gasteiger partial charge in [0.1, 0.15) is 0 Å². The van der Waals surface area contributed by atoms with Crippen molar-refractivity contribution in [3.8, 4) is 0 Å². The van der Waals surface area contributed by atoms with Crippen LogP contribution in [0.1, 0.15) is 26.3 Å². The third-order valence-corrected chi connectivity index (χ3v) is 5.00. The van der Waals surface area contributed by atoms with Crippen LogP contribution in [0.4, 0.5) is 0 Å². The molecule has 2 aromatic carbocycles. The average Bonchev–Trinajstić information content (AvgIpc) is 2.86. The molecule has 8 heteroatoms. The summed E-state index contributed by atoms with van der Waals surface area (Å²) in [6.45, 7) is 0. The Bertz CT molecular complexity index is 851. The third kappa shape index (κ3) is 3.89. The van der Waals surface area contributed by atoms with Crippen molar-refractivity contribution in [3.63, 3.8) is 0 Å². The number of hydrogen-bond donors (Lipinski definition) is 1. The minimum absolute atomic E-state index is 0.125. The minimum atomic E-state index is -0.310. The Balaban J connectivity index is 1.54. The zero-order chi connectivity index (χ0) is 17.8. The Labute approximate surface area is 159 Å². The number of hydrogen-bond acceptors (Lipinski definition) is 5. The van der Waals surface area contributed by atoms with Gasteiger partial charge in [0.05, 0.1) is 23.2 Å². The number of carbonyl (C=O) groups excluding carboxylic acids is 2. The lowest BCUT2D eigenvalue weighted by atomic mass is 10.1. The van der Waals surface area contributed by atoms with Crippen molar-refractivity contribution in [2.24, 2.45) is 5.10 Å². The molecule has 1 aliphatic heterocycles. The zero-order valence-electron chi connectivity index (χ0n) is 12.8. The van der Waals surface area contributed by atoms with E-state index in [0.717, 1.165) is 17.3 Å². The highest BCUT2D eigenvalue weighted by molar-refractivity contribution is 8.22. The topological polar surface area (TPSA) is 61.8 Å². The standard InChI is InChI=1S/C17H12ClN3O2S2/c18-14-8-4-1-5-11(14)9-19-20-17(24)25-10-21-15(22)12-6-2-3-7-13(12)16(21)23/h1-9H,10H2,(H,20,24). The van der Waals surface area contributed by atoms with Gasteiger partial charge in [0.15, 0.2) is 4.32 Å². The Morgan fingerprint density at radius 1 is 1.12 bits per heavy atom. The predicted octanol–water partition coefficient (Wildman–Crippen LogP) is 3.54. The Morgan fingerprint density at radius 3 is 2.36 bits per heavy atom. The SMILES string of the molecule is O=C1c2ccccc2C(=O)N1CSC(=S)NN=Cc1ccccc1Cl. The van der Waals surface area contributed by atoms with Crippen LogP contribution in [0, 0.1) is 0 Å². The van der Waals surface area contributed by atoms with Crippen molar-refractivity contribution < 1.29 is 9.59 Å². The van der Waals surface area contributed by atoms with Gasteiger partial charge in [-0.25, -0.2) is 0 Å². The molecule has 0 radical (unpaired) electrons. The summed E-state index contributed by atoms with van der Waals surface area (Å²) in [6.07, 6.45) is 1.55. The second-order valence-corrected chi connectivity index (χ2v) is 7.07. The van der Waals surface area contributed by atoms with Crippen LogP contribution >= 0.6 is 35.6 Å². The maximum absolute atomic E-state index is 12.2. The van der Waals surface area contributed by atoms with E-state index in [0.29, 0.717) is 20.5 Å². The van der Waals surface area contributed by atoms with Crippen LogP contribution in [0.15, 0.2) is 53.6 Å². The van der Waals surface area contributed by atoms with Crippen LogP contribution in [0.2, 0.25) is 5.02 Å². The minimum Gasteiger partial charge on any atom is -0.269 e. The maximum atomic E-state index is 12.2. The molecule has 1 aliphatic rings. The van der Waals surface area contributed by atoms with Crippen LogP contribution in [-0.2, 0) is 0 Å². The van der Waals surface area contributed by atoms with Gasteiger partial charge < -0.3 is 0 Å². The summed E-state index contributed by atoms with van der Waals surface area (Å²) in [5, 5.41) is 4.60. The number of thiocarbonyl (C=S) groups is 1. The van der Waals surface area contributed by atoms with Crippen molar-refractivity contribution in [2.75, 3.05) is 5.88 Å². The van der Waals surface area contributed by atoms with Gasteiger partial charge in [-0.15, -0.1) is 0 Å². The van der Waals surface area contributed by atoms with Crippen LogP contribution in [0.3, 0.4) is 0 Å². The number of benzene rings is 2. The predicted molar refractivity (Wildman–Crippen MR) is 104 cm³/mol. The molecule has 25 heavy (non-hydrogen) atoms. The number of nitrogens with one attached hydrogen (secondary N) is 1. The summed E-state index contributed by atoms with van der Waals surface area (Å²) in [6, 6.07) is 14.0. The number of imide groups is 1. The van der Waals surface area contributed by atoms with Crippen molar-refractivity contribution in [1.82, 2.24) is 10.3 Å². The molecule has 1 heterocycles. The molecule has 5 nitrogen and oxygen atoms in total. The van der Waals surface area contributed by atoms with Gasteiger partial charge in [-0.05, 0) is 18.2 Å². The monoisotopic (exact) mass is 389 g/mol. The first kappa shape index (κ1) is 17.6. The number of hydrazone groups is 1. The molecule has 0 atom stereocenters. The van der Waals surface area contributed by atoms with Crippen LogP contribution in [0.5, 0.6) is 0 Å². The van der Waals surface area contributed by atoms with E-state index in [4.69, 9.17) is 23.8 Å². The molecule has 1 N–H and O–H groups in total. The lowest BCUT2D eigenvalue weighted by Crippen LogP contribution is -2.30. The molecule has 0 fully saturated rings. The van der Waals surface area contributed by atoms with Gasteiger partial charge in [0.25, 0.3) is 11.8 Å². The Hall–Kier alpha value is -2.22. The molecular formula is C17H12ClN3O2S2. The van der Waals surface area contributed by atoms with E-state index < -0.39 is 0 Å². The molecule has 2 amide bonds. The van der Waals surface area contributed by atoms with Gasteiger partial charge in [-0.1, -0.05) is 65.9 Å². The van der Waals surface area contributed by atoms with Gasteiger partial charge in [-0.2, -0.15) is 5.10 Å². The summed E-state index contributed by atoms with van der Waals surface area (Å²) >= 11 is 12.3. The zero-order valence-corrected chi connectivity index (χ0v) is 15.2. The fraction of sp³-hybridized carbons (Fsp3) is 0.0588. The molecule has 0 bridgehead atoms. The van der Waals surface area contributed by atoms with Crippen LogP contribution in [0.25, 0.3) is 0 Å². The summed E-state index contributed by atoms with van der Waals surface area (Å²) in [4.78, 5) is 25.6. The van der Waals surface area contributed by atoms with Crippen molar-refractivity contribution in [2.45, 2.75) is 0 Å². The first-order chi connectivity index (χ1) is 12.1. The quantitative estimate of drug-likeness (QED) is 0.375. The molecule has 0 spiro atoms. The second-order valence-electron chi connectivity index (χ2n) is 5.04. The van der Waals surface area contributed by atoms with E-state index in [1.54, 1.807) is 36.5 Å². The normalized spacial score (nSPS) is 13.4. The molecule has 0 unspecified atom stereocenters. The molecule has 0 aromatic heterocycles. The number of amides is 2. The molecule has 126 valence electrons. The van der Waals surface area contributed by atoms with E-state index in [1.165, 1.54) is 4.90 Å². The Morgan fingerprint density at radius 2 is 1.72 bits per heavy atom. The van der Waals surface area contributed by atoms with E-state index in [2.05, 4.69) is 10.5 Å². The molecular weight excluding hydrogens is 378 g/mol. The van der Waals surface area contributed by atoms with E-state index in [9.17, 15) is 9.59 Å². The third-order valence-electron chi connectivity index (χ3n) is 3.47. The van der Waals surface area contributed by atoms with Gasteiger partial charge in [-0.3, -0.25) is 19.9 Å². The average molecular weight is 390 g/mol.